The number of aromatic nitrogens is 2. The van der Waals surface area contributed by atoms with Crippen LogP contribution < -0.4 is 20.1 Å². The number of benzene rings is 3. The molecule has 1 aromatic heterocycles. The molecule has 1 heterocycles. The van der Waals surface area contributed by atoms with Crippen LogP contribution in [0.5, 0.6) is 11.5 Å². The Hall–Kier alpha value is -3.64. The molecule has 0 spiro atoms. The lowest BCUT2D eigenvalue weighted by Crippen LogP contribution is -2.28. The molecule has 0 bridgehead atoms. The smallest absolute Gasteiger partial charge is 0.162 e. The molecule has 0 saturated carbocycles. The monoisotopic (exact) mass is 428 g/mol. The van der Waals surface area contributed by atoms with E-state index in [0.29, 0.717) is 23.4 Å². The van der Waals surface area contributed by atoms with E-state index in [-0.39, 0.29) is 6.04 Å². The molecule has 0 amide bonds. The third-order valence-corrected chi connectivity index (χ3v) is 5.28. The average Bonchev–Trinajstić information content (AvgIpc) is 2.83. The van der Waals surface area contributed by atoms with Gasteiger partial charge in [-0.2, -0.15) is 0 Å². The molecule has 0 aliphatic carbocycles. The minimum absolute atomic E-state index is 0.127. The van der Waals surface area contributed by atoms with Gasteiger partial charge in [-0.15, -0.1) is 0 Å². The predicted octanol–water partition coefficient (Wildman–Crippen LogP) is 5.48. The largest absolute Gasteiger partial charge is 0.493 e. The summed E-state index contributed by atoms with van der Waals surface area (Å²) < 4.78 is 10.8. The molecule has 32 heavy (non-hydrogen) atoms. The first-order chi connectivity index (χ1) is 15.6. The van der Waals surface area contributed by atoms with Crippen LogP contribution in [0, 0.1) is 0 Å². The Morgan fingerprint density at radius 1 is 0.781 bits per heavy atom. The van der Waals surface area contributed by atoms with E-state index in [1.165, 1.54) is 11.1 Å². The summed E-state index contributed by atoms with van der Waals surface area (Å²) in [5.74, 6) is 1.99. The first kappa shape index (κ1) is 21.6. The van der Waals surface area contributed by atoms with Crippen LogP contribution in [-0.4, -0.2) is 30.2 Å². The Kier molecular flexibility index (Phi) is 6.52. The minimum atomic E-state index is 0.127. The van der Waals surface area contributed by atoms with E-state index in [2.05, 4.69) is 83.0 Å². The Bertz CT molecular complexity index is 1180. The van der Waals surface area contributed by atoms with Crippen LogP contribution in [-0.2, 0) is 0 Å². The van der Waals surface area contributed by atoms with Gasteiger partial charge in [0.25, 0.3) is 0 Å². The summed E-state index contributed by atoms with van der Waals surface area (Å²) in [7, 11) is 3.23. The number of methoxy groups -OCH3 is 2. The topological polar surface area (TPSA) is 68.3 Å². The summed E-state index contributed by atoms with van der Waals surface area (Å²) in [5, 5.41) is 7.94. The van der Waals surface area contributed by atoms with E-state index >= 15 is 0 Å². The lowest BCUT2D eigenvalue weighted by atomic mass is 9.97. The van der Waals surface area contributed by atoms with Gasteiger partial charge in [-0.25, -0.2) is 9.97 Å². The second-order valence-corrected chi connectivity index (χ2v) is 7.86. The number of nitrogens with zero attached hydrogens (tertiary/aromatic N) is 2. The Balaban J connectivity index is 1.63. The van der Waals surface area contributed by atoms with Crippen molar-refractivity contribution in [2.24, 2.45) is 0 Å². The van der Waals surface area contributed by atoms with E-state index in [0.717, 1.165) is 16.6 Å². The van der Waals surface area contributed by atoms with Gasteiger partial charge in [0, 0.05) is 23.2 Å². The fourth-order valence-electron chi connectivity index (χ4n) is 3.74. The van der Waals surface area contributed by atoms with Crippen molar-refractivity contribution in [3.8, 4) is 11.5 Å². The number of hydrogen-bond acceptors (Lipinski definition) is 6. The zero-order valence-electron chi connectivity index (χ0n) is 18.8. The van der Waals surface area contributed by atoms with Gasteiger partial charge < -0.3 is 20.1 Å². The van der Waals surface area contributed by atoms with Gasteiger partial charge in [-0.05, 0) is 43.2 Å². The number of ether oxygens (including phenoxy) is 2. The molecular weight excluding hydrogens is 400 g/mol. The van der Waals surface area contributed by atoms with Crippen molar-refractivity contribution in [1.82, 2.24) is 15.3 Å². The number of rotatable bonds is 8. The lowest BCUT2D eigenvalue weighted by Gasteiger charge is -2.22. The third kappa shape index (κ3) is 4.65. The molecule has 0 unspecified atom stereocenters. The maximum atomic E-state index is 5.45. The summed E-state index contributed by atoms with van der Waals surface area (Å²) in [6.45, 7) is 4.32. The first-order valence-electron chi connectivity index (χ1n) is 10.6. The van der Waals surface area contributed by atoms with Crippen LogP contribution in [0.2, 0.25) is 0 Å². The molecule has 6 heteroatoms. The molecule has 0 aliphatic rings. The van der Waals surface area contributed by atoms with Gasteiger partial charge in [-0.3, -0.25) is 0 Å². The molecule has 6 nitrogen and oxygen atoms in total. The minimum Gasteiger partial charge on any atom is -0.493 e. The van der Waals surface area contributed by atoms with Crippen LogP contribution in [0.1, 0.15) is 31.0 Å². The van der Waals surface area contributed by atoms with Crippen molar-refractivity contribution in [1.29, 1.82) is 0 Å². The van der Waals surface area contributed by atoms with Gasteiger partial charge in [0.05, 0.1) is 25.8 Å². The molecule has 0 aliphatic heterocycles. The zero-order valence-corrected chi connectivity index (χ0v) is 18.8. The van der Waals surface area contributed by atoms with Gasteiger partial charge in [0.2, 0.25) is 0 Å². The molecule has 1 atom stereocenters. The second kappa shape index (κ2) is 9.66. The fraction of sp³-hybridized carbons (Fsp3) is 0.231. The first-order valence-corrected chi connectivity index (χ1v) is 10.6. The molecule has 4 aromatic rings. The Morgan fingerprint density at radius 2 is 1.44 bits per heavy atom. The molecule has 4 rings (SSSR count). The standard InChI is InChI=1S/C26H28N4O2/c1-17(2)29-25(18-8-6-5-7-9-18)19-10-12-20(13-11-19)30-26-21-14-23(31-3)24(32-4)15-22(21)27-16-28-26/h5-17,25,29H,1-4H3,(H,27,28,30)/t25-/m1/s1. The summed E-state index contributed by atoms with van der Waals surface area (Å²) in [6.07, 6.45) is 1.54. The van der Waals surface area contributed by atoms with Crippen molar-refractivity contribution in [3.63, 3.8) is 0 Å². The van der Waals surface area contributed by atoms with Crippen LogP contribution >= 0.6 is 0 Å². The third-order valence-electron chi connectivity index (χ3n) is 5.28. The average molecular weight is 429 g/mol. The number of hydrogen-bond donors (Lipinski definition) is 2. The van der Waals surface area contributed by atoms with Crippen LogP contribution in [0.4, 0.5) is 11.5 Å². The molecule has 3 aromatic carbocycles. The summed E-state index contributed by atoms with van der Waals surface area (Å²) >= 11 is 0. The molecule has 0 saturated heterocycles. The van der Waals surface area contributed by atoms with Crippen LogP contribution in [0.25, 0.3) is 10.9 Å². The van der Waals surface area contributed by atoms with Gasteiger partial charge in [0.15, 0.2) is 11.5 Å². The summed E-state index contributed by atoms with van der Waals surface area (Å²) in [5.41, 5.74) is 4.17. The highest BCUT2D eigenvalue weighted by atomic mass is 16.5. The SMILES string of the molecule is COc1cc2ncnc(Nc3ccc([C@H](NC(C)C)c4ccccc4)cc3)c2cc1OC. The van der Waals surface area contributed by atoms with E-state index in [9.17, 15) is 0 Å². The highest BCUT2D eigenvalue weighted by molar-refractivity contribution is 5.93. The normalized spacial score (nSPS) is 12.0. The molecule has 2 N–H and O–H groups in total. The van der Waals surface area contributed by atoms with E-state index in [1.807, 2.05) is 18.2 Å². The maximum absolute atomic E-state index is 5.45. The van der Waals surface area contributed by atoms with Crippen LogP contribution in [0.15, 0.2) is 73.1 Å². The van der Waals surface area contributed by atoms with Crippen LogP contribution in [0.3, 0.4) is 0 Å². The van der Waals surface area contributed by atoms with Gasteiger partial charge in [-0.1, -0.05) is 42.5 Å². The highest BCUT2D eigenvalue weighted by Gasteiger charge is 2.15. The second-order valence-electron chi connectivity index (χ2n) is 7.86. The van der Waals surface area contributed by atoms with Crippen molar-refractivity contribution in [2.45, 2.75) is 25.9 Å². The van der Waals surface area contributed by atoms with Crippen molar-refractivity contribution in [3.05, 3.63) is 84.2 Å². The zero-order chi connectivity index (χ0) is 22.5. The number of fused-ring (bicyclic) bond motifs is 1. The summed E-state index contributed by atoms with van der Waals surface area (Å²) in [4.78, 5) is 8.82. The number of nitrogens with one attached hydrogen (secondary N) is 2. The van der Waals surface area contributed by atoms with Gasteiger partial charge >= 0.3 is 0 Å². The molecule has 164 valence electrons. The van der Waals surface area contributed by atoms with Crippen molar-refractivity contribution in [2.75, 3.05) is 19.5 Å². The predicted molar refractivity (Wildman–Crippen MR) is 129 cm³/mol. The van der Waals surface area contributed by atoms with Gasteiger partial charge in [0.1, 0.15) is 12.1 Å². The highest BCUT2D eigenvalue weighted by Crippen LogP contribution is 2.34. The fourth-order valence-corrected chi connectivity index (χ4v) is 3.74. The van der Waals surface area contributed by atoms with Crippen molar-refractivity contribution >= 4 is 22.4 Å². The lowest BCUT2D eigenvalue weighted by molar-refractivity contribution is 0.356. The van der Waals surface area contributed by atoms with E-state index in [1.54, 1.807) is 20.5 Å². The van der Waals surface area contributed by atoms with E-state index < -0.39 is 0 Å². The molecule has 0 radical (unpaired) electrons. The van der Waals surface area contributed by atoms with Crippen molar-refractivity contribution < 1.29 is 9.47 Å². The van der Waals surface area contributed by atoms with E-state index in [4.69, 9.17) is 9.47 Å². The Morgan fingerprint density at radius 3 is 2.09 bits per heavy atom. The quantitative estimate of drug-likeness (QED) is 0.387. The number of anilines is 2. The summed E-state index contributed by atoms with van der Waals surface area (Å²) in [6, 6.07) is 23.2. The Labute approximate surface area is 188 Å². The maximum Gasteiger partial charge on any atom is 0.162 e. The molecular formula is C26H28N4O2. The molecule has 0 fully saturated rings.